The van der Waals surface area contributed by atoms with Gasteiger partial charge in [-0.3, -0.25) is 4.79 Å². The van der Waals surface area contributed by atoms with Crippen molar-refractivity contribution >= 4 is 41.0 Å². The Morgan fingerprint density at radius 2 is 1.77 bits per heavy atom. The molecule has 0 aliphatic carbocycles. The number of anilines is 1. The summed E-state index contributed by atoms with van der Waals surface area (Å²) in [5, 5.41) is 15.7. The Bertz CT molecular complexity index is 1050. The van der Waals surface area contributed by atoms with E-state index in [2.05, 4.69) is 5.10 Å². The van der Waals surface area contributed by atoms with E-state index in [1.54, 1.807) is 24.3 Å². The van der Waals surface area contributed by atoms with Crippen molar-refractivity contribution in [2.75, 3.05) is 5.01 Å². The van der Waals surface area contributed by atoms with E-state index in [1.807, 2.05) is 6.92 Å². The minimum absolute atomic E-state index is 0.0998. The van der Waals surface area contributed by atoms with E-state index in [4.69, 9.17) is 11.6 Å². The molecule has 0 fully saturated rings. The second-order valence-electron chi connectivity index (χ2n) is 6.92. The summed E-state index contributed by atoms with van der Waals surface area (Å²) in [6.45, 7) is 1.81. The first kappa shape index (κ1) is 22.6. The van der Waals surface area contributed by atoms with Gasteiger partial charge in [0.2, 0.25) is 0 Å². The van der Waals surface area contributed by atoms with Gasteiger partial charge in [0.15, 0.2) is 0 Å². The summed E-state index contributed by atoms with van der Waals surface area (Å²) in [5.41, 5.74) is 0.398. The van der Waals surface area contributed by atoms with Crippen molar-refractivity contribution in [1.29, 1.82) is 0 Å². The second kappa shape index (κ2) is 8.93. The van der Waals surface area contributed by atoms with Crippen molar-refractivity contribution in [2.45, 2.75) is 25.9 Å². The predicted molar refractivity (Wildman–Crippen MR) is 112 cm³/mol. The van der Waals surface area contributed by atoms with Crippen LogP contribution in [0.3, 0.4) is 0 Å². The first-order valence-corrected chi connectivity index (χ1v) is 9.76. The molecule has 1 aliphatic rings. The van der Waals surface area contributed by atoms with Crippen LogP contribution >= 0.6 is 11.6 Å². The van der Waals surface area contributed by atoms with Gasteiger partial charge in [0.1, 0.15) is 0 Å². The molecule has 1 N–H and O–H groups in total. The Kier molecular flexibility index (Phi) is 6.50. The molecule has 0 saturated carbocycles. The molecule has 2 aromatic carbocycles. The summed E-state index contributed by atoms with van der Waals surface area (Å²) in [6, 6.07) is 10.7. The highest BCUT2D eigenvalue weighted by molar-refractivity contribution is 6.30. The summed E-state index contributed by atoms with van der Waals surface area (Å²) in [6.07, 6.45) is -2.90. The van der Waals surface area contributed by atoms with Gasteiger partial charge in [0, 0.05) is 10.6 Å². The van der Waals surface area contributed by atoms with Crippen molar-refractivity contribution < 1.29 is 27.9 Å². The number of aliphatic carboxylic acids is 1. The molecule has 1 atom stereocenters. The fraction of sp³-hybridized carbons (Fsp3) is 0.227. The zero-order chi connectivity index (χ0) is 22.8. The van der Waals surface area contributed by atoms with Crippen LogP contribution in [-0.4, -0.2) is 22.7 Å². The molecule has 0 radical (unpaired) electrons. The van der Waals surface area contributed by atoms with E-state index in [1.165, 1.54) is 23.2 Å². The number of hydrogen-bond acceptors (Lipinski definition) is 3. The molecular weight excluding hydrogens is 433 g/mol. The number of hydrazone groups is 1. The lowest BCUT2D eigenvalue weighted by Crippen LogP contribution is -2.28. The van der Waals surface area contributed by atoms with Crippen molar-refractivity contribution in [1.82, 2.24) is 0 Å². The van der Waals surface area contributed by atoms with E-state index >= 15 is 0 Å². The average Bonchev–Trinajstić information content (AvgIpc) is 3.03. The summed E-state index contributed by atoms with van der Waals surface area (Å²) < 4.78 is 38.2. The first-order chi connectivity index (χ1) is 14.6. The summed E-state index contributed by atoms with van der Waals surface area (Å²) in [5.74, 6) is -2.41. The van der Waals surface area contributed by atoms with Gasteiger partial charge in [0.25, 0.3) is 5.91 Å². The summed E-state index contributed by atoms with van der Waals surface area (Å²) >= 11 is 5.88. The minimum atomic E-state index is -4.48. The Hall–Kier alpha value is -3.13. The fourth-order valence-corrected chi connectivity index (χ4v) is 3.35. The largest absolute Gasteiger partial charge is 0.478 e. The molecule has 0 saturated heterocycles. The molecule has 1 heterocycles. The van der Waals surface area contributed by atoms with Gasteiger partial charge >= 0.3 is 12.1 Å². The maximum atomic E-state index is 13.0. The summed E-state index contributed by atoms with van der Waals surface area (Å²) in [7, 11) is 0. The molecule has 31 heavy (non-hydrogen) atoms. The van der Waals surface area contributed by atoms with Gasteiger partial charge in [-0.05, 0) is 60.9 Å². The van der Waals surface area contributed by atoms with Gasteiger partial charge in [-0.1, -0.05) is 30.7 Å². The molecule has 1 aliphatic heterocycles. The predicted octanol–water partition coefficient (Wildman–Crippen LogP) is 5.65. The molecule has 162 valence electrons. The molecule has 0 spiro atoms. The van der Waals surface area contributed by atoms with Crippen LogP contribution in [0.1, 0.15) is 30.9 Å². The van der Waals surface area contributed by atoms with Crippen molar-refractivity contribution in [3.8, 4) is 0 Å². The number of nitrogens with zero attached hydrogens (tertiary/aromatic N) is 2. The summed E-state index contributed by atoms with van der Waals surface area (Å²) in [4.78, 5) is 24.7. The Morgan fingerprint density at radius 3 is 2.29 bits per heavy atom. The highest BCUT2D eigenvalue weighted by atomic mass is 35.5. The third-order valence-electron chi connectivity index (χ3n) is 4.85. The minimum Gasteiger partial charge on any atom is -0.478 e. The number of amides is 1. The van der Waals surface area contributed by atoms with E-state index in [0.717, 1.165) is 12.1 Å². The number of carbonyl (C=O) groups excluding carboxylic acids is 1. The lowest BCUT2D eigenvalue weighted by atomic mass is 9.92. The Labute approximate surface area is 181 Å². The lowest BCUT2D eigenvalue weighted by Gasteiger charge is -2.15. The molecule has 1 amide bonds. The van der Waals surface area contributed by atoms with Gasteiger partial charge in [-0.2, -0.15) is 18.3 Å². The smallest absolute Gasteiger partial charge is 0.416 e. The van der Waals surface area contributed by atoms with Crippen LogP contribution in [0.15, 0.2) is 59.2 Å². The number of halogens is 4. The normalized spacial score (nSPS) is 17.1. The van der Waals surface area contributed by atoms with E-state index in [9.17, 15) is 27.9 Å². The molecule has 1 unspecified atom stereocenters. The standard InChI is InChI=1S/C22H18ClF3N2O3/c1-2-19-18(20(29)28(27-19)17-9-7-16(23)8-10-17)12-14(21(30)31)11-13-3-5-15(6-4-13)22(24,25)26/h3-11,18H,2,12H2,1H3,(H,30,31)/b14-11-. The number of rotatable bonds is 6. The zero-order valence-corrected chi connectivity index (χ0v) is 17.1. The van der Waals surface area contributed by atoms with Crippen LogP contribution in [0.4, 0.5) is 18.9 Å². The van der Waals surface area contributed by atoms with E-state index in [-0.39, 0.29) is 17.9 Å². The highest BCUT2D eigenvalue weighted by Gasteiger charge is 2.37. The van der Waals surface area contributed by atoms with Crippen LogP contribution in [0.25, 0.3) is 6.08 Å². The van der Waals surface area contributed by atoms with E-state index in [0.29, 0.717) is 28.4 Å². The van der Waals surface area contributed by atoms with Crippen molar-refractivity contribution in [3.63, 3.8) is 0 Å². The zero-order valence-electron chi connectivity index (χ0n) is 16.4. The maximum absolute atomic E-state index is 13.0. The number of hydrogen-bond donors (Lipinski definition) is 1. The Morgan fingerprint density at radius 1 is 1.16 bits per heavy atom. The molecule has 2 aromatic rings. The molecule has 9 heteroatoms. The number of carboxylic acid groups (broad SMARTS) is 1. The van der Waals surface area contributed by atoms with E-state index < -0.39 is 23.6 Å². The highest BCUT2D eigenvalue weighted by Crippen LogP contribution is 2.32. The lowest BCUT2D eigenvalue weighted by molar-refractivity contribution is -0.137. The molecule has 3 rings (SSSR count). The first-order valence-electron chi connectivity index (χ1n) is 9.38. The number of benzene rings is 2. The third-order valence-corrected chi connectivity index (χ3v) is 5.10. The molecular formula is C22H18ClF3N2O3. The molecule has 5 nitrogen and oxygen atoms in total. The van der Waals surface area contributed by atoms with Crippen molar-refractivity contribution in [2.24, 2.45) is 11.0 Å². The van der Waals surface area contributed by atoms with Gasteiger partial charge < -0.3 is 5.11 Å². The van der Waals surface area contributed by atoms with Crippen molar-refractivity contribution in [3.05, 3.63) is 70.3 Å². The fourth-order valence-electron chi connectivity index (χ4n) is 3.22. The average molecular weight is 451 g/mol. The number of carboxylic acids is 1. The number of carbonyl (C=O) groups is 2. The van der Waals surface area contributed by atoms with Crippen LogP contribution in [0.5, 0.6) is 0 Å². The molecule has 0 aromatic heterocycles. The van der Waals surface area contributed by atoms with Crippen LogP contribution in [0, 0.1) is 5.92 Å². The van der Waals surface area contributed by atoms with Gasteiger partial charge in [0.05, 0.1) is 22.9 Å². The van der Waals surface area contributed by atoms with Gasteiger partial charge in [-0.25, -0.2) is 9.80 Å². The monoisotopic (exact) mass is 450 g/mol. The quantitative estimate of drug-likeness (QED) is 0.578. The SMILES string of the molecule is CCC1=NN(c2ccc(Cl)cc2)C(=O)C1C/C(=C/c1ccc(C(F)(F)F)cc1)C(=O)O. The number of alkyl halides is 3. The third kappa shape index (κ3) is 5.14. The Balaban J connectivity index is 1.86. The topological polar surface area (TPSA) is 70.0 Å². The van der Waals surface area contributed by atoms with Crippen LogP contribution in [-0.2, 0) is 15.8 Å². The van der Waals surface area contributed by atoms with Gasteiger partial charge in [-0.15, -0.1) is 0 Å². The molecule has 0 bridgehead atoms. The van der Waals surface area contributed by atoms with Crippen LogP contribution in [0.2, 0.25) is 5.02 Å². The van der Waals surface area contributed by atoms with Crippen LogP contribution < -0.4 is 5.01 Å². The maximum Gasteiger partial charge on any atom is 0.416 e. The second-order valence-corrected chi connectivity index (χ2v) is 7.36.